The van der Waals surface area contributed by atoms with Gasteiger partial charge >= 0.3 is 0 Å². The van der Waals surface area contributed by atoms with Crippen LogP contribution in [0.15, 0.2) is 36.7 Å². The molecular formula is C17H22F2N4. The topological polar surface area (TPSA) is 65.9 Å². The Morgan fingerprint density at radius 2 is 2.09 bits per heavy atom. The molecule has 1 aromatic heterocycles. The number of H-pyrrole nitrogens is 1. The van der Waals surface area contributed by atoms with Gasteiger partial charge in [-0.1, -0.05) is 0 Å². The molecule has 0 bridgehead atoms. The van der Waals surface area contributed by atoms with Gasteiger partial charge < -0.3 is 21.4 Å². The summed E-state index contributed by atoms with van der Waals surface area (Å²) in [5.41, 5.74) is 9.51. The highest BCUT2D eigenvalue weighted by atomic mass is 19.3. The van der Waals surface area contributed by atoms with Crippen LogP contribution >= 0.6 is 0 Å². The zero-order valence-electron chi connectivity index (χ0n) is 13.1. The lowest BCUT2D eigenvalue weighted by Gasteiger charge is -2.36. The molecule has 0 radical (unpaired) electrons. The molecular weight excluding hydrogens is 298 g/mol. The number of rotatable bonds is 4. The summed E-state index contributed by atoms with van der Waals surface area (Å²) in [6, 6.07) is 6.21. The van der Waals surface area contributed by atoms with E-state index in [2.05, 4.69) is 15.6 Å². The van der Waals surface area contributed by atoms with E-state index >= 15 is 0 Å². The molecule has 0 spiro atoms. The molecule has 23 heavy (non-hydrogen) atoms. The van der Waals surface area contributed by atoms with Crippen LogP contribution in [0, 0.1) is 6.92 Å². The number of benzene rings is 1. The molecule has 124 valence electrons. The Labute approximate surface area is 134 Å². The van der Waals surface area contributed by atoms with Crippen molar-refractivity contribution in [1.82, 2.24) is 4.98 Å². The van der Waals surface area contributed by atoms with Crippen LogP contribution in [-0.4, -0.2) is 23.0 Å². The Morgan fingerprint density at radius 3 is 2.78 bits per heavy atom. The van der Waals surface area contributed by atoms with E-state index in [1.165, 1.54) is 0 Å². The molecule has 1 saturated carbocycles. The van der Waals surface area contributed by atoms with Crippen LogP contribution in [0.25, 0.3) is 0 Å². The summed E-state index contributed by atoms with van der Waals surface area (Å²) in [5, 5.41) is 6.48. The fourth-order valence-corrected chi connectivity index (χ4v) is 3.03. The molecule has 3 rings (SSSR count). The Kier molecular flexibility index (Phi) is 4.26. The summed E-state index contributed by atoms with van der Waals surface area (Å²) < 4.78 is 27.5. The maximum absolute atomic E-state index is 13.7. The maximum atomic E-state index is 13.7. The molecule has 5 N–H and O–H groups in total. The van der Waals surface area contributed by atoms with E-state index in [1.54, 1.807) is 0 Å². The van der Waals surface area contributed by atoms with E-state index in [0.717, 1.165) is 22.6 Å². The lowest BCUT2D eigenvalue weighted by molar-refractivity contribution is -0.0554. The average Bonchev–Trinajstić information content (AvgIpc) is 2.99. The van der Waals surface area contributed by atoms with Gasteiger partial charge in [0.1, 0.15) is 0 Å². The molecule has 1 heterocycles. The van der Waals surface area contributed by atoms with E-state index < -0.39 is 18.0 Å². The molecule has 0 aliphatic heterocycles. The minimum Gasteiger partial charge on any atom is -0.380 e. The molecule has 0 unspecified atom stereocenters. The zero-order valence-corrected chi connectivity index (χ0v) is 13.1. The Balaban J connectivity index is 1.71. The number of alkyl halides is 2. The molecule has 6 heteroatoms. The highest BCUT2D eigenvalue weighted by molar-refractivity contribution is 5.65. The highest BCUT2D eigenvalue weighted by Gasteiger charge is 2.44. The van der Waals surface area contributed by atoms with Crippen LogP contribution in [0.3, 0.4) is 0 Å². The number of hydrogen-bond acceptors (Lipinski definition) is 3. The van der Waals surface area contributed by atoms with Crippen molar-refractivity contribution in [2.24, 2.45) is 5.73 Å². The smallest absolute Gasteiger partial charge is 0.264 e. The van der Waals surface area contributed by atoms with Crippen molar-refractivity contribution in [3.8, 4) is 0 Å². The van der Waals surface area contributed by atoms with Crippen LogP contribution in [-0.2, 0) is 0 Å². The van der Waals surface area contributed by atoms with Crippen LogP contribution in [0.2, 0.25) is 0 Å². The van der Waals surface area contributed by atoms with Crippen molar-refractivity contribution < 1.29 is 8.78 Å². The van der Waals surface area contributed by atoms with E-state index in [-0.39, 0.29) is 6.42 Å². The van der Waals surface area contributed by atoms with Crippen molar-refractivity contribution in [3.05, 3.63) is 42.2 Å². The predicted molar refractivity (Wildman–Crippen MR) is 89.4 cm³/mol. The second kappa shape index (κ2) is 6.20. The third kappa shape index (κ3) is 3.47. The number of halogens is 2. The van der Waals surface area contributed by atoms with E-state index in [1.807, 2.05) is 43.6 Å². The Hall–Kier alpha value is -2.08. The van der Waals surface area contributed by atoms with E-state index in [0.29, 0.717) is 12.8 Å². The lowest BCUT2D eigenvalue weighted by Crippen LogP contribution is -2.55. The Morgan fingerprint density at radius 1 is 1.26 bits per heavy atom. The lowest BCUT2D eigenvalue weighted by atomic mass is 9.87. The summed E-state index contributed by atoms with van der Waals surface area (Å²) >= 11 is 0. The summed E-state index contributed by atoms with van der Waals surface area (Å²) in [5.74, 6) is -2.79. The third-order valence-corrected chi connectivity index (χ3v) is 4.40. The molecule has 1 fully saturated rings. The van der Waals surface area contributed by atoms with E-state index in [9.17, 15) is 8.78 Å². The van der Waals surface area contributed by atoms with Gasteiger partial charge in [0.15, 0.2) is 0 Å². The van der Waals surface area contributed by atoms with Gasteiger partial charge in [0, 0.05) is 36.2 Å². The van der Waals surface area contributed by atoms with Gasteiger partial charge in [0.2, 0.25) is 0 Å². The fourth-order valence-electron chi connectivity index (χ4n) is 3.03. The number of hydrogen-bond donors (Lipinski definition) is 4. The van der Waals surface area contributed by atoms with Crippen LogP contribution in [0.4, 0.5) is 25.8 Å². The van der Waals surface area contributed by atoms with Crippen molar-refractivity contribution in [2.75, 3.05) is 10.6 Å². The average molecular weight is 320 g/mol. The third-order valence-electron chi connectivity index (χ3n) is 4.40. The first-order valence-electron chi connectivity index (χ1n) is 7.86. The van der Waals surface area contributed by atoms with Crippen LogP contribution in [0.1, 0.15) is 24.8 Å². The minimum absolute atomic E-state index is 0.120. The first kappa shape index (κ1) is 15.8. The molecule has 1 aliphatic carbocycles. The first-order chi connectivity index (χ1) is 11.0. The minimum atomic E-state index is -2.79. The molecule has 2 aromatic rings. The van der Waals surface area contributed by atoms with Gasteiger partial charge in [-0.3, -0.25) is 0 Å². The summed E-state index contributed by atoms with van der Waals surface area (Å²) in [7, 11) is 0. The summed E-state index contributed by atoms with van der Waals surface area (Å²) in [4.78, 5) is 2.98. The predicted octanol–water partition coefficient (Wildman–Crippen LogP) is 3.99. The van der Waals surface area contributed by atoms with Gasteiger partial charge in [-0.05, 0) is 49.6 Å². The maximum Gasteiger partial charge on any atom is 0.264 e. The molecule has 0 saturated heterocycles. The van der Waals surface area contributed by atoms with Crippen LogP contribution in [0.5, 0.6) is 0 Å². The van der Waals surface area contributed by atoms with Gasteiger partial charge in [0.05, 0.1) is 11.7 Å². The Bertz CT molecular complexity index is 655. The standard InChI is InChI=1S/C17H22F2N4/c1-11-9-12(22-13-6-8-21-10-13)4-5-14(11)23-15-3-2-7-17(18,19)16(15)20/h4-6,8-10,15-16,21-23H,2-3,7,20H2,1H3/t15-,16-/m1/s1. The quantitative estimate of drug-likeness (QED) is 0.688. The van der Waals surface area contributed by atoms with Crippen molar-refractivity contribution in [3.63, 3.8) is 0 Å². The monoisotopic (exact) mass is 320 g/mol. The zero-order chi connectivity index (χ0) is 16.4. The number of nitrogens with one attached hydrogen (secondary N) is 3. The van der Waals surface area contributed by atoms with Crippen molar-refractivity contribution >= 4 is 17.1 Å². The first-order valence-corrected chi connectivity index (χ1v) is 7.86. The number of nitrogens with two attached hydrogens (primary N) is 1. The fraction of sp³-hybridized carbons (Fsp3) is 0.412. The van der Waals surface area contributed by atoms with Crippen molar-refractivity contribution in [2.45, 2.75) is 44.2 Å². The van der Waals surface area contributed by atoms with Crippen LogP contribution < -0.4 is 16.4 Å². The number of aromatic nitrogens is 1. The summed E-state index contributed by atoms with van der Waals surface area (Å²) in [6.45, 7) is 1.96. The normalized spacial score (nSPS) is 23.5. The highest BCUT2D eigenvalue weighted by Crippen LogP contribution is 2.34. The number of aromatic amines is 1. The van der Waals surface area contributed by atoms with Gasteiger partial charge in [-0.2, -0.15) is 0 Å². The molecule has 2 atom stereocenters. The molecule has 4 nitrogen and oxygen atoms in total. The van der Waals surface area contributed by atoms with Gasteiger partial charge in [0.25, 0.3) is 5.92 Å². The SMILES string of the molecule is Cc1cc(Nc2cc[nH]c2)ccc1N[C@@H]1CCCC(F)(F)[C@@H]1N. The van der Waals surface area contributed by atoms with Gasteiger partial charge in [-0.25, -0.2) is 8.78 Å². The molecule has 1 aromatic carbocycles. The second-order valence-electron chi connectivity index (χ2n) is 6.18. The van der Waals surface area contributed by atoms with Crippen molar-refractivity contribution in [1.29, 1.82) is 0 Å². The van der Waals surface area contributed by atoms with Gasteiger partial charge in [-0.15, -0.1) is 0 Å². The van der Waals surface area contributed by atoms with E-state index in [4.69, 9.17) is 5.73 Å². The largest absolute Gasteiger partial charge is 0.380 e. The number of aryl methyl sites for hydroxylation is 1. The second-order valence-corrected chi connectivity index (χ2v) is 6.18. The molecule has 1 aliphatic rings. The molecule has 0 amide bonds. The summed E-state index contributed by atoms with van der Waals surface area (Å²) in [6.07, 6.45) is 4.75. The number of anilines is 3.